The number of nitrogen functional groups attached to an aromatic ring is 1. The van der Waals surface area contributed by atoms with Crippen molar-refractivity contribution < 1.29 is 9.90 Å². The number of aromatic amines is 1. The Labute approximate surface area is 101 Å². The van der Waals surface area contributed by atoms with Gasteiger partial charge in [0.25, 0.3) is 5.56 Å². The lowest BCUT2D eigenvalue weighted by atomic mass is 10.2. The van der Waals surface area contributed by atoms with Crippen LogP contribution in [0.3, 0.4) is 0 Å². The molecular formula is C10H9N5O3. The summed E-state index contributed by atoms with van der Waals surface area (Å²) in [6, 6.07) is 0. The Hall–Kier alpha value is -2.77. The van der Waals surface area contributed by atoms with Crippen LogP contribution in [0.25, 0.3) is 11.5 Å². The molecule has 0 spiro atoms. The SMILES string of the molecule is Nc1nc(-c2cnccn2)[nH]c(=O)c1CC(=O)O. The van der Waals surface area contributed by atoms with Crippen molar-refractivity contribution >= 4 is 11.8 Å². The molecule has 2 heterocycles. The van der Waals surface area contributed by atoms with Crippen LogP contribution >= 0.6 is 0 Å². The van der Waals surface area contributed by atoms with Gasteiger partial charge in [0, 0.05) is 12.4 Å². The van der Waals surface area contributed by atoms with Crippen LogP contribution in [0.15, 0.2) is 23.4 Å². The average molecular weight is 247 g/mol. The van der Waals surface area contributed by atoms with Crippen LogP contribution in [-0.2, 0) is 11.2 Å². The fraction of sp³-hybridized carbons (Fsp3) is 0.100. The van der Waals surface area contributed by atoms with Crippen molar-refractivity contribution in [1.82, 2.24) is 19.9 Å². The van der Waals surface area contributed by atoms with Gasteiger partial charge < -0.3 is 15.8 Å². The van der Waals surface area contributed by atoms with Crippen molar-refractivity contribution in [3.63, 3.8) is 0 Å². The van der Waals surface area contributed by atoms with E-state index in [-0.39, 0.29) is 17.2 Å². The fourth-order valence-electron chi connectivity index (χ4n) is 1.38. The third-order valence-electron chi connectivity index (χ3n) is 2.18. The summed E-state index contributed by atoms with van der Waals surface area (Å²) >= 11 is 0. The minimum atomic E-state index is -1.15. The fourth-order valence-corrected chi connectivity index (χ4v) is 1.38. The molecule has 0 aromatic carbocycles. The summed E-state index contributed by atoms with van der Waals surface area (Å²) in [4.78, 5) is 36.4. The number of hydrogen-bond donors (Lipinski definition) is 3. The molecule has 0 bridgehead atoms. The first-order valence-corrected chi connectivity index (χ1v) is 4.95. The first-order valence-electron chi connectivity index (χ1n) is 4.95. The highest BCUT2D eigenvalue weighted by Gasteiger charge is 2.13. The van der Waals surface area contributed by atoms with Gasteiger partial charge in [0.1, 0.15) is 11.5 Å². The monoisotopic (exact) mass is 247 g/mol. The number of hydrogen-bond acceptors (Lipinski definition) is 6. The number of aromatic nitrogens is 4. The van der Waals surface area contributed by atoms with Gasteiger partial charge in [0.05, 0.1) is 18.2 Å². The average Bonchev–Trinajstić information content (AvgIpc) is 2.34. The van der Waals surface area contributed by atoms with Crippen LogP contribution in [0.1, 0.15) is 5.56 Å². The number of H-pyrrole nitrogens is 1. The summed E-state index contributed by atoms with van der Waals surface area (Å²) < 4.78 is 0. The van der Waals surface area contributed by atoms with Gasteiger partial charge in [0.2, 0.25) is 0 Å². The summed E-state index contributed by atoms with van der Waals surface area (Å²) in [5.74, 6) is -1.12. The second-order valence-corrected chi connectivity index (χ2v) is 3.44. The molecule has 0 aliphatic rings. The molecule has 8 nitrogen and oxygen atoms in total. The predicted octanol–water partition coefficient (Wildman–Crippen LogP) is -0.564. The zero-order valence-corrected chi connectivity index (χ0v) is 9.12. The largest absolute Gasteiger partial charge is 0.481 e. The van der Waals surface area contributed by atoms with Gasteiger partial charge in [-0.3, -0.25) is 14.6 Å². The molecule has 2 aromatic heterocycles. The molecule has 0 aliphatic carbocycles. The second-order valence-electron chi connectivity index (χ2n) is 3.44. The van der Waals surface area contributed by atoms with Crippen LogP contribution in [0.2, 0.25) is 0 Å². The Morgan fingerprint density at radius 3 is 2.78 bits per heavy atom. The maximum Gasteiger partial charge on any atom is 0.308 e. The summed E-state index contributed by atoms with van der Waals surface area (Å²) in [6.07, 6.45) is 3.85. The Morgan fingerprint density at radius 1 is 1.44 bits per heavy atom. The van der Waals surface area contributed by atoms with E-state index >= 15 is 0 Å². The predicted molar refractivity (Wildman–Crippen MR) is 61.6 cm³/mol. The van der Waals surface area contributed by atoms with Crippen LogP contribution in [0, 0.1) is 0 Å². The number of rotatable bonds is 3. The van der Waals surface area contributed by atoms with Crippen molar-refractivity contribution in [3.8, 4) is 11.5 Å². The first-order chi connectivity index (χ1) is 8.58. The van der Waals surface area contributed by atoms with Crippen molar-refractivity contribution in [2.45, 2.75) is 6.42 Å². The van der Waals surface area contributed by atoms with Gasteiger partial charge in [0.15, 0.2) is 5.82 Å². The highest BCUT2D eigenvalue weighted by Crippen LogP contribution is 2.11. The van der Waals surface area contributed by atoms with E-state index in [1.54, 1.807) is 0 Å². The Kier molecular flexibility index (Phi) is 3.00. The Balaban J connectivity index is 2.49. The smallest absolute Gasteiger partial charge is 0.308 e. The van der Waals surface area contributed by atoms with E-state index in [4.69, 9.17) is 10.8 Å². The van der Waals surface area contributed by atoms with Crippen molar-refractivity contribution in [1.29, 1.82) is 0 Å². The molecule has 0 atom stereocenters. The molecule has 0 radical (unpaired) electrons. The highest BCUT2D eigenvalue weighted by molar-refractivity contribution is 5.72. The molecule has 2 aromatic rings. The summed E-state index contributed by atoms with van der Waals surface area (Å²) in [5.41, 5.74) is 5.25. The van der Waals surface area contributed by atoms with Crippen molar-refractivity contribution in [3.05, 3.63) is 34.5 Å². The van der Waals surface area contributed by atoms with Crippen molar-refractivity contribution in [2.75, 3.05) is 5.73 Å². The molecule has 8 heteroatoms. The van der Waals surface area contributed by atoms with Gasteiger partial charge in [-0.1, -0.05) is 0 Å². The number of aliphatic carboxylic acids is 1. The molecule has 92 valence electrons. The number of carbonyl (C=O) groups is 1. The maximum absolute atomic E-state index is 11.7. The molecule has 0 saturated carbocycles. The Bertz CT molecular complexity index is 638. The van der Waals surface area contributed by atoms with E-state index < -0.39 is 17.9 Å². The van der Waals surface area contributed by atoms with E-state index in [9.17, 15) is 9.59 Å². The lowest BCUT2D eigenvalue weighted by Gasteiger charge is -2.04. The first kappa shape index (κ1) is 11.7. The second kappa shape index (κ2) is 4.62. The highest BCUT2D eigenvalue weighted by atomic mass is 16.4. The zero-order chi connectivity index (χ0) is 13.1. The number of nitrogens with one attached hydrogen (secondary N) is 1. The van der Waals surface area contributed by atoms with Crippen LogP contribution < -0.4 is 11.3 Å². The van der Waals surface area contributed by atoms with Gasteiger partial charge in [-0.2, -0.15) is 0 Å². The third kappa shape index (κ3) is 2.32. The van der Waals surface area contributed by atoms with Crippen LogP contribution in [0.4, 0.5) is 5.82 Å². The molecule has 0 saturated heterocycles. The number of carboxylic acid groups (broad SMARTS) is 1. The summed E-state index contributed by atoms with van der Waals surface area (Å²) in [5, 5.41) is 8.64. The minimum Gasteiger partial charge on any atom is -0.481 e. The zero-order valence-electron chi connectivity index (χ0n) is 9.12. The quantitative estimate of drug-likeness (QED) is 0.661. The minimum absolute atomic E-state index is 0.0739. The lowest BCUT2D eigenvalue weighted by Crippen LogP contribution is -2.21. The number of anilines is 1. The van der Waals surface area contributed by atoms with Gasteiger partial charge in [-0.15, -0.1) is 0 Å². The van der Waals surface area contributed by atoms with E-state index in [2.05, 4.69) is 19.9 Å². The van der Waals surface area contributed by atoms with Crippen molar-refractivity contribution in [2.24, 2.45) is 0 Å². The number of nitrogens with two attached hydrogens (primary N) is 1. The standard InChI is InChI=1S/C10H9N5O3/c11-8-5(3-7(16)17)10(18)15-9(14-8)6-4-12-1-2-13-6/h1-2,4H,3H2,(H,16,17)(H3,11,14,15,18). The Morgan fingerprint density at radius 2 is 2.22 bits per heavy atom. The summed E-state index contributed by atoms with van der Waals surface area (Å²) in [6.45, 7) is 0. The van der Waals surface area contributed by atoms with Gasteiger partial charge >= 0.3 is 5.97 Å². The topological polar surface area (TPSA) is 135 Å². The molecule has 4 N–H and O–H groups in total. The molecule has 2 rings (SSSR count). The molecular weight excluding hydrogens is 238 g/mol. The van der Waals surface area contributed by atoms with E-state index in [0.717, 1.165) is 0 Å². The molecule has 18 heavy (non-hydrogen) atoms. The molecule has 0 fully saturated rings. The number of nitrogens with zero attached hydrogens (tertiary/aromatic N) is 3. The molecule has 0 unspecified atom stereocenters. The molecule has 0 amide bonds. The van der Waals surface area contributed by atoms with Crippen LogP contribution in [-0.4, -0.2) is 31.0 Å². The van der Waals surface area contributed by atoms with Crippen LogP contribution in [0.5, 0.6) is 0 Å². The number of carboxylic acids is 1. The van der Waals surface area contributed by atoms with E-state index in [1.807, 2.05) is 0 Å². The lowest BCUT2D eigenvalue weighted by molar-refractivity contribution is -0.136. The molecule has 0 aliphatic heterocycles. The third-order valence-corrected chi connectivity index (χ3v) is 2.18. The maximum atomic E-state index is 11.7. The summed E-state index contributed by atoms with van der Waals surface area (Å²) in [7, 11) is 0. The normalized spacial score (nSPS) is 10.2. The van der Waals surface area contributed by atoms with Gasteiger partial charge in [-0.25, -0.2) is 9.97 Å². The van der Waals surface area contributed by atoms with E-state index in [1.165, 1.54) is 18.6 Å². The van der Waals surface area contributed by atoms with E-state index in [0.29, 0.717) is 5.69 Å². The van der Waals surface area contributed by atoms with Gasteiger partial charge in [-0.05, 0) is 0 Å².